The van der Waals surface area contributed by atoms with Crippen LogP contribution in [0.4, 0.5) is 5.69 Å². The molecule has 0 fully saturated rings. The van der Waals surface area contributed by atoms with Gasteiger partial charge < -0.3 is 19.9 Å². The van der Waals surface area contributed by atoms with Crippen molar-refractivity contribution in [2.75, 3.05) is 12.1 Å². The lowest BCUT2D eigenvalue weighted by Crippen LogP contribution is -2.10. The first kappa shape index (κ1) is 16.4. The van der Waals surface area contributed by atoms with Crippen LogP contribution in [0.2, 0.25) is 10.0 Å². The van der Waals surface area contributed by atoms with Gasteiger partial charge in [0.25, 0.3) is 0 Å². The molecule has 1 aliphatic rings. The molecule has 9 heteroatoms. The summed E-state index contributed by atoms with van der Waals surface area (Å²) >= 11 is 12.3. The van der Waals surface area contributed by atoms with E-state index in [-0.39, 0.29) is 28.2 Å². The van der Waals surface area contributed by atoms with Gasteiger partial charge in [-0.05, 0) is 18.2 Å². The van der Waals surface area contributed by atoms with Gasteiger partial charge in [0.15, 0.2) is 17.2 Å². The second-order valence-corrected chi connectivity index (χ2v) is 5.62. The second kappa shape index (κ2) is 6.18. The summed E-state index contributed by atoms with van der Waals surface area (Å²) in [7, 11) is 0. The van der Waals surface area contributed by atoms with E-state index in [0.717, 1.165) is 0 Å². The van der Waals surface area contributed by atoms with Crippen molar-refractivity contribution in [3.63, 3.8) is 0 Å². The minimum atomic E-state index is -1.33. The number of ether oxygens (including phenoxy) is 2. The number of amides is 1. The quantitative estimate of drug-likeness (QED) is 0.860. The standard InChI is InChI=1S/C15H10Cl2N2O5/c1-6(20)18-9-4-8(19-13(12(9)17)15(21)22)7-2-3-10-14(11(7)16)24-5-23-10/h2-4H,5H2,1H3,(H,21,22)(H,18,19,20). The van der Waals surface area contributed by atoms with E-state index < -0.39 is 17.6 Å². The van der Waals surface area contributed by atoms with Gasteiger partial charge in [-0.15, -0.1) is 0 Å². The Hall–Kier alpha value is -2.51. The highest BCUT2D eigenvalue weighted by molar-refractivity contribution is 6.37. The highest BCUT2D eigenvalue weighted by Gasteiger charge is 2.23. The SMILES string of the molecule is CC(=O)Nc1cc(-c2ccc3c(c2Cl)OCO3)nc(C(=O)O)c1Cl. The third-order valence-corrected chi connectivity index (χ3v) is 3.98. The maximum Gasteiger partial charge on any atom is 0.356 e. The van der Waals surface area contributed by atoms with E-state index in [9.17, 15) is 14.7 Å². The van der Waals surface area contributed by atoms with Crippen molar-refractivity contribution in [2.45, 2.75) is 6.92 Å². The number of aromatic nitrogens is 1. The van der Waals surface area contributed by atoms with Gasteiger partial charge in [-0.1, -0.05) is 23.2 Å². The van der Waals surface area contributed by atoms with Crippen LogP contribution in [-0.4, -0.2) is 28.8 Å². The van der Waals surface area contributed by atoms with Crippen molar-refractivity contribution >= 4 is 40.8 Å². The molecule has 1 amide bonds. The van der Waals surface area contributed by atoms with Gasteiger partial charge in [0.05, 0.1) is 21.4 Å². The van der Waals surface area contributed by atoms with Crippen LogP contribution in [0, 0.1) is 0 Å². The average Bonchev–Trinajstić information content (AvgIpc) is 2.98. The molecule has 24 heavy (non-hydrogen) atoms. The van der Waals surface area contributed by atoms with Crippen LogP contribution in [0.15, 0.2) is 18.2 Å². The predicted octanol–water partition coefficient (Wildman–Crippen LogP) is 3.44. The molecule has 0 saturated carbocycles. The number of pyridine rings is 1. The largest absolute Gasteiger partial charge is 0.476 e. The van der Waals surface area contributed by atoms with Crippen LogP contribution in [0.1, 0.15) is 17.4 Å². The molecule has 0 unspecified atom stereocenters. The zero-order valence-electron chi connectivity index (χ0n) is 12.2. The van der Waals surface area contributed by atoms with Gasteiger partial charge in [-0.3, -0.25) is 4.79 Å². The van der Waals surface area contributed by atoms with E-state index in [1.807, 2.05) is 0 Å². The number of benzene rings is 1. The van der Waals surface area contributed by atoms with Crippen molar-refractivity contribution in [3.05, 3.63) is 33.9 Å². The number of carboxylic acid groups (broad SMARTS) is 1. The fourth-order valence-corrected chi connectivity index (χ4v) is 2.76. The van der Waals surface area contributed by atoms with Crippen molar-refractivity contribution < 1.29 is 24.2 Å². The lowest BCUT2D eigenvalue weighted by atomic mass is 10.1. The summed E-state index contributed by atoms with van der Waals surface area (Å²) in [6, 6.07) is 4.70. The number of nitrogens with one attached hydrogen (secondary N) is 1. The average molecular weight is 369 g/mol. The summed E-state index contributed by atoms with van der Waals surface area (Å²) in [5.74, 6) is -0.894. The molecule has 0 atom stereocenters. The first-order chi connectivity index (χ1) is 11.4. The van der Waals surface area contributed by atoms with Crippen molar-refractivity contribution in [3.8, 4) is 22.8 Å². The van der Waals surface area contributed by atoms with Gasteiger partial charge in [-0.2, -0.15) is 0 Å². The summed E-state index contributed by atoms with van der Waals surface area (Å²) in [6.45, 7) is 1.33. The van der Waals surface area contributed by atoms with Crippen LogP contribution in [0.3, 0.4) is 0 Å². The normalized spacial score (nSPS) is 12.1. The van der Waals surface area contributed by atoms with Crippen LogP contribution in [0.25, 0.3) is 11.3 Å². The van der Waals surface area contributed by atoms with Gasteiger partial charge in [0.1, 0.15) is 0 Å². The molecule has 0 aliphatic carbocycles. The minimum absolute atomic E-state index is 0.0457. The first-order valence-corrected chi connectivity index (χ1v) is 7.44. The fraction of sp³-hybridized carbons (Fsp3) is 0.133. The Morgan fingerprint density at radius 2 is 2.00 bits per heavy atom. The van der Waals surface area contributed by atoms with Gasteiger partial charge in [0.2, 0.25) is 12.7 Å². The monoisotopic (exact) mass is 368 g/mol. The van der Waals surface area contributed by atoms with Crippen LogP contribution in [-0.2, 0) is 4.79 Å². The molecule has 1 aromatic carbocycles. The number of fused-ring (bicyclic) bond motifs is 1. The Morgan fingerprint density at radius 3 is 2.67 bits per heavy atom. The van der Waals surface area contributed by atoms with Gasteiger partial charge >= 0.3 is 5.97 Å². The summed E-state index contributed by atoms with van der Waals surface area (Å²) in [5.41, 5.74) is 0.377. The molecule has 0 radical (unpaired) electrons. The third-order valence-electron chi connectivity index (χ3n) is 3.23. The minimum Gasteiger partial charge on any atom is -0.476 e. The molecule has 2 heterocycles. The molecule has 2 aromatic rings. The maximum atomic E-state index is 11.4. The molecule has 1 aromatic heterocycles. The Kier molecular flexibility index (Phi) is 4.21. The number of carboxylic acids is 1. The van der Waals surface area contributed by atoms with E-state index >= 15 is 0 Å². The predicted molar refractivity (Wildman–Crippen MR) is 87.1 cm³/mol. The van der Waals surface area contributed by atoms with Gasteiger partial charge in [0, 0.05) is 12.5 Å². The zero-order chi connectivity index (χ0) is 17.4. The highest BCUT2D eigenvalue weighted by Crippen LogP contribution is 2.44. The summed E-state index contributed by atoms with van der Waals surface area (Å²) in [5, 5.41) is 11.8. The fourth-order valence-electron chi connectivity index (χ4n) is 2.23. The Morgan fingerprint density at radius 1 is 1.25 bits per heavy atom. The number of carbonyl (C=O) groups is 2. The number of hydrogen-bond acceptors (Lipinski definition) is 5. The summed E-state index contributed by atoms with van der Waals surface area (Å²) < 4.78 is 10.5. The van der Waals surface area contributed by atoms with Crippen molar-refractivity contribution in [1.29, 1.82) is 0 Å². The first-order valence-electron chi connectivity index (χ1n) is 6.68. The van der Waals surface area contributed by atoms with E-state index in [1.54, 1.807) is 12.1 Å². The summed E-state index contributed by atoms with van der Waals surface area (Å²) in [4.78, 5) is 26.7. The molecular weight excluding hydrogens is 359 g/mol. The molecule has 1 aliphatic heterocycles. The van der Waals surface area contributed by atoms with Crippen LogP contribution < -0.4 is 14.8 Å². The van der Waals surface area contributed by atoms with Crippen molar-refractivity contribution in [1.82, 2.24) is 4.98 Å². The van der Waals surface area contributed by atoms with Crippen LogP contribution >= 0.6 is 23.2 Å². The number of carbonyl (C=O) groups excluding carboxylic acids is 1. The smallest absolute Gasteiger partial charge is 0.356 e. The number of anilines is 1. The van der Waals surface area contributed by atoms with Gasteiger partial charge in [-0.25, -0.2) is 9.78 Å². The lowest BCUT2D eigenvalue weighted by molar-refractivity contribution is -0.114. The maximum absolute atomic E-state index is 11.4. The molecule has 3 rings (SSSR count). The lowest BCUT2D eigenvalue weighted by Gasteiger charge is -2.12. The number of aromatic carboxylic acids is 1. The molecule has 0 spiro atoms. The Balaban J connectivity index is 2.19. The van der Waals surface area contributed by atoms with E-state index in [2.05, 4.69) is 10.3 Å². The number of hydrogen-bond donors (Lipinski definition) is 2. The summed E-state index contributed by atoms with van der Waals surface area (Å²) in [6.07, 6.45) is 0. The Bertz CT molecular complexity index is 869. The topological polar surface area (TPSA) is 97.8 Å². The number of nitrogens with zero attached hydrogens (tertiary/aromatic N) is 1. The molecule has 2 N–H and O–H groups in total. The highest BCUT2D eigenvalue weighted by atomic mass is 35.5. The van der Waals surface area contributed by atoms with E-state index in [4.69, 9.17) is 32.7 Å². The van der Waals surface area contributed by atoms with Crippen LogP contribution in [0.5, 0.6) is 11.5 Å². The van der Waals surface area contributed by atoms with Crippen molar-refractivity contribution in [2.24, 2.45) is 0 Å². The molecule has 0 saturated heterocycles. The van der Waals surface area contributed by atoms with E-state index in [0.29, 0.717) is 17.1 Å². The third kappa shape index (κ3) is 2.83. The van der Waals surface area contributed by atoms with E-state index in [1.165, 1.54) is 13.0 Å². The second-order valence-electron chi connectivity index (χ2n) is 4.86. The number of halogens is 2. The zero-order valence-corrected chi connectivity index (χ0v) is 13.7. The number of rotatable bonds is 3. The molecule has 124 valence electrons. The molecule has 7 nitrogen and oxygen atoms in total. The Labute approximate surface area is 146 Å². The molecular formula is C15H10Cl2N2O5. The molecule has 0 bridgehead atoms.